The Balaban J connectivity index is 0.000000253. The van der Waals surface area contributed by atoms with Crippen molar-refractivity contribution in [3.8, 4) is 5.75 Å². The van der Waals surface area contributed by atoms with Crippen LogP contribution in [0.15, 0.2) is 30.6 Å². The zero-order valence-electron chi connectivity index (χ0n) is 16.8. The summed E-state index contributed by atoms with van der Waals surface area (Å²) in [6.07, 6.45) is 2.62. The first-order valence-corrected chi connectivity index (χ1v) is 9.11. The molecule has 2 aromatic rings. The number of benzene rings is 1. The molecule has 0 aliphatic carbocycles. The van der Waals surface area contributed by atoms with Crippen LogP contribution in [0.5, 0.6) is 5.75 Å². The zero-order chi connectivity index (χ0) is 21.6. The lowest BCUT2D eigenvalue weighted by molar-refractivity contribution is -0.126. The van der Waals surface area contributed by atoms with Crippen molar-refractivity contribution in [1.29, 1.82) is 0 Å². The molecule has 2 atom stereocenters. The van der Waals surface area contributed by atoms with Gasteiger partial charge in [-0.05, 0) is 45.7 Å². The van der Waals surface area contributed by atoms with Crippen LogP contribution in [0.3, 0.4) is 0 Å². The highest BCUT2D eigenvalue weighted by Gasteiger charge is 2.28. The van der Waals surface area contributed by atoms with Gasteiger partial charge < -0.3 is 19.9 Å². The fraction of sp³-hybridized carbons (Fsp3) is 0.450. The monoisotopic (exact) mass is 409 g/mol. The number of halogens is 2. The molecule has 1 amide bonds. The third-order valence-corrected chi connectivity index (χ3v) is 4.21. The molecule has 0 saturated carbocycles. The summed E-state index contributed by atoms with van der Waals surface area (Å²) in [6, 6.07) is 5.35. The second-order valence-electron chi connectivity index (χ2n) is 7.11. The van der Waals surface area contributed by atoms with Crippen molar-refractivity contribution in [2.24, 2.45) is 0 Å². The van der Waals surface area contributed by atoms with Crippen LogP contribution in [0.25, 0.3) is 0 Å². The highest BCUT2D eigenvalue weighted by molar-refractivity contribution is 5.93. The Labute approximate surface area is 168 Å². The number of hydrogen-bond donors (Lipinski definition) is 2. The molecular weight excluding hydrogens is 384 g/mol. The summed E-state index contributed by atoms with van der Waals surface area (Å²) in [6.45, 7) is 5.20. The van der Waals surface area contributed by atoms with Crippen LogP contribution in [0.2, 0.25) is 0 Å². The number of carbonyl (C=O) groups is 1. The summed E-state index contributed by atoms with van der Waals surface area (Å²) in [5, 5.41) is 12.6. The van der Waals surface area contributed by atoms with E-state index in [2.05, 4.69) is 20.0 Å². The topological polar surface area (TPSA) is 93.6 Å². The number of methoxy groups -OCH3 is 1. The Hall–Kier alpha value is -2.65. The predicted molar refractivity (Wildman–Crippen MR) is 102 cm³/mol. The molecule has 1 saturated heterocycles. The van der Waals surface area contributed by atoms with Gasteiger partial charge in [-0.2, -0.15) is 4.39 Å². The number of amides is 1. The van der Waals surface area contributed by atoms with Crippen LogP contribution < -0.4 is 10.1 Å². The lowest BCUT2D eigenvalue weighted by Gasteiger charge is -2.17. The summed E-state index contributed by atoms with van der Waals surface area (Å²) in [5.74, 6) is -1.73. The van der Waals surface area contributed by atoms with E-state index >= 15 is 0 Å². The number of carbonyl (C=O) groups excluding carboxylic acids is 1. The van der Waals surface area contributed by atoms with Gasteiger partial charge in [0.25, 0.3) is 5.91 Å². The molecule has 9 heteroatoms. The maximum Gasteiger partial charge on any atom is 0.254 e. The smallest absolute Gasteiger partial charge is 0.254 e. The van der Waals surface area contributed by atoms with Crippen molar-refractivity contribution in [2.75, 3.05) is 12.4 Å². The van der Waals surface area contributed by atoms with E-state index in [1.54, 1.807) is 19.9 Å². The fourth-order valence-electron chi connectivity index (χ4n) is 2.60. The fourth-order valence-corrected chi connectivity index (χ4v) is 2.60. The molecule has 29 heavy (non-hydrogen) atoms. The highest BCUT2D eigenvalue weighted by Crippen LogP contribution is 2.22. The Morgan fingerprint density at radius 3 is 2.59 bits per heavy atom. The molecule has 7 nitrogen and oxygen atoms in total. The molecule has 158 valence electrons. The third-order valence-electron chi connectivity index (χ3n) is 4.21. The number of nitrogens with one attached hydrogen (secondary N) is 1. The van der Waals surface area contributed by atoms with Crippen molar-refractivity contribution in [1.82, 2.24) is 9.97 Å². The number of nitrogens with zero attached hydrogens (tertiary/aromatic N) is 2. The summed E-state index contributed by atoms with van der Waals surface area (Å²) < 4.78 is 34.8. The second kappa shape index (κ2) is 9.71. The maximum absolute atomic E-state index is 12.5. The molecule has 2 N–H and O–H groups in total. The number of hydrogen-bond acceptors (Lipinski definition) is 6. The van der Waals surface area contributed by atoms with Crippen molar-refractivity contribution < 1.29 is 28.2 Å². The Kier molecular flexibility index (Phi) is 7.58. The molecular formula is C20H25F2N3O4. The van der Waals surface area contributed by atoms with E-state index in [0.29, 0.717) is 11.5 Å². The first-order valence-electron chi connectivity index (χ1n) is 9.11. The van der Waals surface area contributed by atoms with E-state index < -0.39 is 23.3 Å². The number of aromatic nitrogens is 2. The zero-order valence-corrected chi connectivity index (χ0v) is 16.8. The van der Waals surface area contributed by atoms with E-state index in [9.17, 15) is 18.7 Å². The lowest BCUT2D eigenvalue weighted by atomic mass is 10.1. The third kappa shape index (κ3) is 6.43. The van der Waals surface area contributed by atoms with Crippen LogP contribution in [-0.2, 0) is 15.1 Å². The van der Waals surface area contributed by atoms with Crippen LogP contribution in [0, 0.1) is 11.6 Å². The van der Waals surface area contributed by atoms with Gasteiger partial charge in [-0.1, -0.05) is 6.07 Å². The summed E-state index contributed by atoms with van der Waals surface area (Å²) in [4.78, 5) is 19.9. The van der Waals surface area contributed by atoms with Gasteiger partial charge in [-0.15, -0.1) is 0 Å². The van der Waals surface area contributed by atoms with Crippen molar-refractivity contribution >= 4 is 11.7 Å². The average Bonchev–Trinajstić information content (AvgIpc) is 3.11. The molecule has 3 rings (SSSR count). The molecule has 1 aromatic heterocycles. The number of ether oxygens (including phenoxy) is 2. The maximum atomic E-state index is 12.5. The molecule has 0 radical (unpaired) electrons. The van der Waals surface area contributed by atoms with E-state index in [1.807, 2.05) is 6.92 Å². The molecule has 1 aromatic carbocycles. The second-order valence-corrected chi connectivity index (χ2v) is 7.11. The van der Waals surface area contributed by atoms with E-state index in [4.69, 9.17) is 4.74 Å². The summed E-state index contributed by atoms with van der Waals surface area (Å²) in [5.41, 5.74) is -0.612. The van der Waals surface area contributed by atoms with Crippen LogP contribution in [0.4, 0.5) is 14.6 Å². The minimum Gasteiger partial charge on any atom is -0.494 e. The Morgan fingerprint density at radius 2 is 2.03 bits per heavy atom. The Bertz CT molecular complexity index is 843. The standard InChI is InChI=1S/C13H19N3O3.C7H6F2O/c1-8-4-5-9(19-8)12(17)16-11-6-10(13(2,3)18)14-7-15-11;1-10-6-4-2-3-5(8)7(6)9/h6-9,18H,4-5H2,1-3H3,(H,14,15,16,17);2-4H,1H3. The van der Waals surface area contributed by atoms with E-state index in [1.165, 1.54) is 25.6 Å². The largest absolute Gasteiger partial charge is 0.494 e. The average molecular weight is 409 g/mol. The van der Waals surface area contributed by atoms with Gasteiger partial charge in [0, 0.05) is 6.07 Å². The number of anilines is 1. The molecule has 1 fully saturated rings. The first-order chi connectivity index (χ1) is 13.6. The van der Waals surface area contributed by atoms with Crippen molar-refractivity contribution in [2.45, 2.75) is 51.4 Å². The van der Waals surface area contributed by atoms with Crippen molar-refractivity contribution in [3.05, 3.63) is 47.9 Å². The summed E-state index contributed by atoms with van der Waals surface area (Å²) >= 11 is 0. The van der Waals surface area contributed by atoms with Crippen LogP contribution in [0.1, 0.15) is 39.3 Å². The number of aliphatic hydroxyl groups is 1. The molecule has 2 unspecified atom stereocenters. The van der Waals surface area contributed by atoms with Gasteiger partial charge in [0.2, 0.25) is 5.82 Å². The minimum atomic E-state index is -1.07. The van der Waals surface area contributed by atoms with E-state index in [-0.39, 0.29) is 17.8 Å². The van der Waals surface area contributed by atoms with Crippen molar-refractivity contribution in [3.63, 3.8) is 0 Å². The normalized spacial score (nSPS) is 18.6. The van der Waals surface area contributed by atoms with Crippen LogP contribution >= 0.6 is 0 Å². The van der Waals surface area contributed by atoms with Crippen LogP contribution in [-0.4, -0.2) is 40.3 Å². The molecule has 1 aliphatic rings. The molecule has 2 heterocycles. The predicted octanol–water partition coefficient (Wildman–Crippen LogP) is 3.18. The van der Waals surface area contributed by atoms with Gasteiger partial charge in [-0.25, -0.2) is 14.4 Å². The van der Waals surface area contributed by atoms with E-state index in [0.717, 1.165) is 18.9 Å². The molecule has 0 spiro atoms. The first kappa shape index (κ1) is 22.6. The summed E-state index contributed by atoms with van der Waals surface area (Å²) in [7, 11) is 1.29. The highest BCUT2D eigenvalue weighted by atomic mass is 19.2. The SMILES string of the molecule is CC1CCC(C(=O)Nc2cc(C(C)(C)O)ncn2)O1.COc1cccc(F)c1F. The molecule has 0 bridgehead atoms. The quantitative estimate of drug-likeness (QED) is 0.806. The Morgan fingerprint density at radius 1 is 1.31 bits per heavy atom. The molecule has 1 aliphatic heterocycles. The van der Waals surface area contributed by atoms with Gasteiger partial charge in [0.15, 0.2) is 11.6 Å². The number of rotatable bonds is 4. The van der Waals surface area contributed by atoms with Gasteiger partial charge in [0.1, 0.15) is 23.9 Å². The minimum absolute atomic E-state index is 0.0694. The lowest BCUT2D eigenvalue weighted by Crippen LogP contribution is -2.28. The van der Waals surface area contributed by atoms with Gasteiger partial charge in [0.05, 0.1) is 18.9 Å². The van der Waals surface area contributed by atoms with Gasteiger partial charge >= 0.3 is 0 Å². The van der Waals surface area contributed by atoms with Gasteiger partial charge in [-0.3, -0.25) is 4.79 Å².